The summed E-state index contributed by atoms with van der Waals surface area (Å²) in [4.78, 5) is 26.2. The van der Waals surface area contributed by atoms with Crippen LogP contribution in [0.3, 0.4) is 0 Å². The summed E-state index contributed by atoms with van der Waals surface area (Å²) < 4.78 is 5.64. The second-order valence-electron chi connectivity index (χ2n) is 5.62. The number of rotatable bonds is 7. The molecule has 1 amide bonds. The van der Waals surface area contributed by atoms with E-state index in [0.717, 1.165) is 11.3 Å². The first-order valence-corrected chi connectivity index (χ1v) is 8.12. The number of pyridine rings is 1. The number of amides is 1. The number of hydrogen-bond donors (Lipinski definition) is 1. The van der Waals surface area contributed by atoms with Crippen molar-refractivity contribution in [3.05, 3.63) is 72.8 Å². The molecular formula is C19H19N5O2. The molecule has 2 heterocycles. The number of carbonyl (C=O) groups is 1. The molecule has 0 spiro atoms. The highest BCUT2D eigenvalue weighted by molar-refractivity contribution is 5.80. The minimum absolute atomic E-state index is 0.109. The number of para-hydroxylation sites is 1. The van der Waals surface area contributed by atoms with Crippen LogP contribution in [-0.2, 0) is 11.3 Å². The quantitative estimate of drug-likeness (QED) is 0.706. The van der Waals surface area contributed by atoms with Crippen LogP contribution in [0.15, 0.2) is 67.3 Å². The molecule has 0 aliphatic carbocycles. The number of likely N-dealkylation sites (N-methyl/N-ethyl adjacent to an activating group) is 1. The van der Waals surface area contributed by atoms with Crippen LogP contribution >= 0.6 is 0 Å². The summed E-state index contributed by atoms with van der Waals surface area (Å²) in [6.45, 7) is 0.590. The summed E-state index contributed by atoms with van der Waals surface area (Å²) in [7, 11) is 1.79. The molecule has 7 heteroatoms. The van der Waals surface area contributed by atoms with Gasteiger partial charge in [-0.2, -0.15) is 0 Å². The molecular weight excluding hydrogens is 330 g/mol. The average Bonchev–Trinajstić information content (AvgIpc) is 2.69. The van der Waals surface area contributed by atoms with Crippen LogP contribution < -0.4 is 15.0 Å². The first kappa shape index (κ1) is 17.3. The molecule has 132 valence electrons. The van der Waals surface area contributed by atoms with E-state index in [2.05, 4.69) is 20.3 Å². The van der Waals surface area contributed by atoms with Crippen molar-refractivity contribution >= 4 is 11.7 Å². The Labute approximate surface area is 151 Å². The largest absolute Gasteiger partial charge is 0.439 e. The van der Waals surface area contributed by atoms with Crippen molar-refractivity contribution in [1.29, 1.82) is 0 Å². The SMILES string of the molecule is CN(CC(=O)NCc1ccc(Oc2ccccc2)nc1)c1cnccn1. The fourth-order valence-electron chi connectivity index (χ4n) is 2.23. The first-order valence-electron chi connectivity index (χ1n) is 8.12. The van der Waals surface area contributed by atoms with Gasteiger partial charge < -0.3 is 15.0 Å². The molecule has 0 saturated carbocycles. The van der Waals surface area contributed by atoms with Crippen LogP contribution in [0.2, 0.25) is 0 Å². The lowest BCUT2D eigenvalue weighted by Gasteiger charge is -2.16. The maximum atomic E-state index is 12.1. The van der Waals surface area contributed by atoms with Gasteiger partial charge in [0.2, 0.25) is 11.8 Å². The van der Waals surface area contributed by atoms with Crippen molar-refractivity contribution in [3.63, 3.8) is 0 Å². The Morgan fingerprint density at radius 3 is 2.62 bits per heavy atom. The predicted octanol–water partition coefficient (Wildman–Crippen LogP) is 2.42. The van der Waals surface area contributed by atoms with Gasteiger partial charge >= 0.3 is 0 Å². The number of hydrogen-bond acceptors (Lipinski definition) is 6. The highest BCUT2D eigenvalue weighted by Gasteiger charge is 2.08. The lowest BCUT2D eigenvalue weighted by molar-refractivity contribution is -0.119. The zero-order chi connectivity index (χ0) is 18.2. The highest BCUT2D eigenvalue weighted by Crippen LogP contribution is 2.18. The fraction of sp³-hybridized carbons (Fsp3) is 0.158. The molecule has 26 heavy (non-hydrogen) atoms. The molecule has 0 bridgehead atoms. The third kappa shape index (κ3) is 5.01. The van der Waals surface area contributed by atoms with Gasteiger partial charge in [0.1, 0.15) is 11.6 Å². The second kappa shape index (κ2) is 8.57. The Morgan fingerprint density at radius 2 is 1.92 bits per heavy atom. The van der Waals surface area contributed by atoms with Gasteiger partial charge in [-0.1, -0.05) is 24.3 Å². The third-order valence-electron chi connectivity index (χ3n) is 3.57. The molecule has 1 N–H and O–H groups in total. The number of aromatic nitrogens is 3. The van der Waals surface area contributed by atoms with E-state index in [1.54, 1.807) is 42.8 Å². The van der Waals surface area contributed by atoms with Gasteiger partial charge in [-0.3, -0.25) is 9.78 Å². The lowest BCUT2D eigenvalue weighted by Crippen LogP contribution is -2.35. The third-order valence-corrected chi connectivity index (χ3v) is 3.57. The summed E-state index contributed by atoms with van der Waals surface area (Å²) in [6.07, 6.45) is 6.48. The number of carbonyl (C=O) groups excluding carboxylic acids is 1. The standard InChI is InChI=1S/C19H19N5O2/c1-24(17-13-20-9-10-21-17)14-18(25)22-11-15-7-8-19(23-12-15)26-16-5-3-2-4-6-16/h2-10,12-13H,11,14H2,1H3,(H,22,25). The van der Waals surface area contributed by atoms with E-state index in [1.165, 1.54) is 0 Å². The topological polar surface area (TPSA) is 80.2 Å². The molecule has 0 saturated heterocycles. The maximum Gasteiger partial charge on any atom is 0.239 e. The number of nitrogens with one attached hydrogen (secondary N) is 1. The summed E-state index contributed by atoms with van der Waals surface area (Å²) in [5.74, 6) is 1.77. The summed E-state index contributed by atoms with van der Waals surface area (Å²) in [6, 6.07) is 13.1. The summed E-state index contributed by atoms with van der Waals surface area (Å²) in [5.41, 5.74) is 0.890. The minimum atomic E-state index is -0.109. The van der Waals surface area contributed by atoms with Gasteiger partial charge in [-0.25, -0.2) is 9.97 Å². The van der Waals surface area contributed by atoms with Crippen LogP contribution in [0.4, 0.5) is 5.82 Å². The zero-order valence-corrected chi connectivity index (χ0v) is 14.4. The maximum absolute atomic E-state index is 12.1. The van der Waals surface area contributed by atoms with Gasteiger partial charge in [0, 0.05) is 38.2 Å². The Bertz CT molecular complexity index is 826. The van der Waals surface area contributed by atoms with E-state index in [0.29, 0.717) is 18.2 Å². The Balaban J connectivity index is 1.48. The van der Waals surface area contributed by atoms with Crippen molar-refractivity contribution in [1.82, 2.24) is 20.3 Å². The molecule has 0 aliphatic heterocycles. The Hall–Kier alpha value is -3.48. The first-order chi connectivity index (χ1) is 12.7. The summed E-state index contributed by atoms with van der Waals surface area (Å²) in [5, 5.41) is 2.86. The number of nitrogens with zero attached hydrogens (tertiary/aromatic N) is 4. The van der Waals surface area contributed by atoms with Crippen LogP contribution in [0.1, 0.15) is 5.56 Å². The van der Waals surface area contributed by atoms with E-state index in [-0.39, 0.29) is 12.5 Å². The van der Waals surface area contributed by atoms with E-state index in [1.807, 2.05) is 36.4 Å². The molecule has 1 aromatic carbocycles. The molecule has 3 aromatic rings. The number of anilines is 1. The fourth-order valence-corrected chi connectivity index (χ4v) is 2.23. The molecule has 7 nitrogen and oxygen atoms in total. The molecule has 0 aliphatic rings. The van der Waals surface area contributed by atoms with Gasteiger partial charge in [0.15, 0.2) is 0 Å². The molecule has 0 unspecified atom stereocenters. The smallest absolute Gasteiger partial charge is 0.239 e. The highest BCUT2D eigenvalue weighted by atomic mass is 16.5. The van der Waals surface area contributed by atoms with Crippen molar-refractivity contribution in [2.45, 2.75) is 6.54 Å². The van der Waals surface area contributed by atoms with Gasteiger partial charge in [-0.15, -0.1) is 0 Å². The molecule has 2 aromatic heterocycles. The van der Waals surface area contributed by atoms with Gasteiger partial charge in [-0.05, 0) is 17.7 Å². The van der Waals surface area contributed by atoms with E-state index in [4.69, 9.17) is 4.74 Å². The second-order valence-corrected chi connectivity index (χ2v) is 5.62. The number of ether oxygens (including phenoxy) is 1. The molecule has 0 fully saturated rings. The van der Waals surface area contributed by atoms with Gasteiger partial charge in [0.25, 0.3) is 0 Å². The van der Waals surface area contributed by atoms with Crippen molar-refractivity contribution in [2.24, 2.45) is 0 Å². The van der Waals surface area contributed by atoms with Crippen LogP contribution in [0.25, 0.3) is 0 Å². The number of benzene rings is 1. The normalized spacial score (nSPS) is 10.2. The Morgan fingerprint density at radius 1 is 1.08 bits per heavy atom. The van der Waals surface area contributed by atoms with E-state index in [9.17, 15) is 4.79 Å². The zero-order valence-electron chi connectivity index (χ0n) is 14.4. The van der Waals surface area contributed by atoms with Crippen LogP contribution in [0.5, 0.6) is 11.6 Å². The molecule has 3 rings (SSSR count). The molecule has 0 atom stereocenters. The van der Waals surface area contributed by atoms with E-state index >= 15 is 0 Å². The van der Waals surface area contributed by atoms with Crippen molar-refractivity contribution in [3.8, 4) is 11.6 Å². The van der Waals surface area contributed by atoms with Crippen molar-refractivity contribution in [2.75, 3.05) is 18.5 Å². The molecule has 0 radical (unpaired) electrons. The summed E-state index contributed by atoms with van der Waals surface area (Å²) >= 11 is 0. The van der Waals surface area contributed by atoms with Crippen molar-refractivity contribution < 1.29 is 9.53 Å². The lowest BCUT2D eigenvalue weighted by atomic mass is 10.3. The van der Waals surface area contributed by atoms with Crippen LogP contribution in [0, 0.1) is 0 Å². The average molecular weight is 349 g/mol. The predicted molar refractivity (Wildman–Crippen MR) is 97.9 cm³/mol. The van der Waals surface area contributed by atoms with E-state index < -0.39 is 0 Å². The monoisotopic (exact) mass is 349 g/mol. The minimum Gasteiger partial charge on any atom is -0.439 e. The van der Waals surface area contributed by atoms with Gasteiger partial charge in [0.05, 0.1) is 12.7 Å². The van der Waals surface area contributed by atoms with Crippen LogP contribution in [-0.4, -0.2) is 34.5 Å². The Kier molecular flexibility index (Phi) is 5.72.